The summed E-state index contributed by atoms with van der Waals surface area (Å²) in [5.74, 6) is -1.75. The molecule has 0 amide bonds. The van der Waals surface area contributed by atoms with E-state index in [-0.39, 0.29) is 28.5 Å². The van der Waals surface area contributed by atoms with Gasteiger partial charge in [-0.3, -0.25) is 0 Å². The van der Waals surface area contributed by atoms with E-state index in [0.29, 0.717) is 11.1 Å². The summed E-state index contributed by atoms with van der Waals surface area (Å²) in [5, 5.41) is 38.0. The minimum atomic E-state index is -0.875. The van der Waals surface area contributed by atoms with Crippen LogP contribution in [0.5, 0.6) is 0 Å². The van der Waals surface area contributed by atoms with Crippen molar-refractivity contribution in [1.82, 2.24) is 0 Å². The van der Waals surface area contributed by atoms with Crippen LogP contribution in [0.4, 0.5) is 0 Å². The molecular formula is C36H58O6. The van der Waals surface area contributed by atoms with Gasteiger partial charge in [0.05, 0.1) is 23.3 Å². The zero-order chi connectivity index (χ0) is 32.7. The lowest BCUT2D eigenvalue weighted by molar-refractivity contribution is -0.0867. The number of hydrogen-bond donors (Lipinski definition) is 4. The van der Waals surface area contributed by atoms with E-state index in [1.807, 2.05) is 31.2 Å². The standard InChI is InChI=1S/C14H30O2.2C11H14O2/c1-5-9-13(16)14(10-6-2,11-7-3)12(15)8-4;2*1-11(2,3)9-6-4-8(5-7-9)10(12)13/h12-13,15-16H,5-11H2,1-4H3;2*4-7H,1-3H3,(H,12,13). The summed E-state index contributed by atoms with van der Waals surface area (Å²) < 4.78 is 0. The van der Waals surface area contributed by atoms with Gasteiger partial charge in [-0.05, 0) is 71.9 Å². The van der Waals surface area contributed by atoms with Crippen LogP contribution in [0, 0.1) is 5.41 Å². The highest BCUT2D eigenvalue weighted by Gasteiger charge is 2.41. The first kappa shape index (κ1) is 39.3. The lowest BCUT2D eigenvalue weighted by Gasteiger charge is -2.42. The van der Waals surface area contributed by atoms with Gasteiger partial charge in [0.1, 0.15) is 0 Å². The van der Waals surface area contributed by atoms with Gasteiger partial charge in [-0.1, -0.05) is 113 Å². The maximum absolute atomic E-state index is 10.6. The van der Waals surface area contributed by atoms with Crippen LogP contribution in [-0.4, -0.2) is 44.6 Å². The molecule has 6 heteroatoms. The molecule has 6 nitrogen and oxygen atoms in total. The predicted octanol–water partition coefficient (Wildman–Crippen LogP) is 8.87. The molecule has 0 saturated carbocycles. The van der Waals surface area contributed by atoms with Crippen molar-refractivity contribution in [2.24, 2.45) is 5.41 Å². The van der Waals surface area contributed by atoms with Gasteiger partial charge in [-0.25, -0.2) is 9.59 Å². The van der Waals surface area contributed by atoms with Crippen molar-refractivity contribution in [2.75, 3.05) is 0 Å². The average Bonchev–Trinajstić information content (AvgIpc) is 2.92. The molecule has 0 heterocycles. The number of aromatic carboxylic acids is 2. The third-order valence-electron chi connectivity index (χ3n) is 7.70. The Morgan fingerprint density at radius 2 is 0.929 bits per heavy atom. The molecule has 0 radical (unpaired) electrons. The molecule has 0 aliphatic carbocycles. The second-order valence-corrected chi connectivity index (χ2v) is 13.2. The Labute approximate surface area is 255 Å². The van der Waals surface area contributed by atoms with Crippen molar-refractivity contribution in [3.05, 3.63) is 70.8 Å². The fourth-order valence-electron chi connectivity index (χ4n) is 5.14. The number of benzene rings is 2. The predicted molar refractivity (Wildman–Crippen MR) is 174 cm³/mol. The largest absolute Gasteiger partial charge is 0.478 e. The molecule has 0 aliphatic heterocycles. The van der Waals surface area contributed by atoms with E-state index in [0.717, 1.165) is 56.1 Å². The van der Waals surface area contributed by atoms with Crippen molar-refractivity contribution in [3.8, 4) is 0 Å². The Hall–Kier alpha value is -2.70. The summed E-state index contributed by atoms with van der Waals surface area (Å²) in [5.41, 5.74) is 2.87. The van der Waals surface area contributed by atoms with Crippen LogP contribution in [0.25, 0.3) is 0 Å². The molecule has 0 saturated heterocycles. The number of rotatable bonds is 11. The quantitative estimate of drug-likeness (QED) is 0.209. The molecule has 2 atom stereocenters. The van der Waals surface area contributed by atoms with Crippen LogP contribution in [0.15, 0.2) is 48.5 Å². The molecule has 0 spiro atoms. The molecule has 4 N–H and O–H groups in total. The second-order valence-electron chi connectivity index (χ2n) is 13.2. The third kappa shape index (κ3) is 12.7. The molecule has 42 heavy (non-hydrogen) atoms. The van der Waals surface area contributed by atoms with Crippen LogP contribution in [-0.2, 0) is 10.8 Å². The number of aliphatic hydroxyl groups is 2. The Balaban J connectivity index is 0.000000604. The summed E-state index contributed by atoms with van der Waals surface area (Å²) >= 11 is 0. The van der Waals surface area contributed by atoms with Gasteiger partial charge in [0.25, 0.3) is 0 Å². The van der Waals surface area contributed by atoms with Crippen molar-refractivity contribution < 1.29 is 30.0 Å². The number of aliphatic hydroxyl groups excluding tert-OH is 2. The number of carboxylic acids is 2. The van der Waals surface area contributed by atoms with Crippen LogP contribution in [0.2, 0.25) is 0 Å². The first-order chi connectivity index (χ1) is 19.4. The smallest absolute Gasteiger partial charge is 0.335 e. The van der Waals surface area contributed by atoms with Crippen molar-refractivity contribution >= 4 is 11.9 Å². The van der Waals surface area contributed by atoms with Gasteiger partial charge in [0, 0.05) is 5.41 Å². The number of carboxylic acid groups (broad SMARTS) is 2. The highest BCUT2D eigenvalue weighted by molar-refractivity contribution is 5.88. The van der Waals surface area contributed by atoms with Gasteiger partial charge in [-0.2, -0.15) is 0 Å². The van der Waals surface area contributed by atoms with Crippen LogP contribution >= 0.6 is 0 Å². The number of carbonyl (C=O) groups is 2. The van der Waals surface area contributed by atoms with E-state index in [1.54, 1.807) is 24.3 Å². The Morgan fingerprint density at radius 1 is 0.595 bits per heavy atom. The van der Waals surface area contributed by atoms with E-state index in [9.17, 15) is 19.8 Å². The maximum Gasteiger partial charge on any atom is 0.335 e. The fraction of sp³-hybridized carbons (Fsp3) is 0.611. The lowest BCUT2D eigenvalue weighted by Crippen LogP contribution is -2.45. The monoisotopic (exact) mass is 586 g/mol. The first-order valence-corrected chi connectivity index (χ1v) is 15.4. The minimum absolute atomic E-state index is 0.0804. The third-order valence-corrected chi connectivity index (χ3v) is 7.70. The minimum Gasteiger partial charge on any atom is -0.478 e. The second kappa shape index (κ2) is 18.1. The Kier molecular flexibility index (Phi) is 16.9. The van der Waals surface area contributed by atoms with Crippen molar-refractivity contribution in [1.29, 1.82) is 0 Å². The summed E-state index contributed by atoms with van der Waals surface area (Å²) in [6, 6.07) is 14.0. The summed E-state index contributed by atoms with van der Waals surface area (Å²) in [4.78, 5) is 21.1. The molecule has 0 bridgehead atoms. The molecular weight excluding hydrogens is 528 g/mol. The van der Waals surface area contributed by atoms with Gasteiger partial charge in [0.2, 0.25) is 0 Å². The van der Waals surface area contributed by atoms with Gasteiger partial charge < -0.3 is 20.4 Å². The van der Waals surface area contributed by atoms with Gasteiger partial charge in [-0.15, -0.1) is 0 Å². The van der Waals surface area contributed by atoms with Gasteiger partial charge >= 0.3 is 11.9 Å². The SMILES string of the molecule is CC(C)(C)c1ccc(C(=O)O)cc1.CC(C)(C)c1ccc(C(=O)O)cc1.CCCC(O)C(CCC)(CCC)C(O)CC. The van der Waals surface area contributed by atoms with Crippen molar-refractivity contribution in [2.45, 2.75) is 137 Å². The van der Waals surface area contributed by atoms with Crippen molar-refractivity contribution in [3.63, 3.8) is 0 Å². The van der Waals surface area contributed by atoms with E-state index in [2.05, 4.69) is 62.3 Å². The zero-order valence-electron chi connectivity index (χ0n) is 27.8. The summed E-state index contributed by atoms with van der Waals surface area (Å²) in [6.07, 6.45) is 5.70. The normalized spacial score (nSPS) is 13.1. The van der Waals surface area contributed by atoms with Crippen LogP contribution in [0.3, 0.4) is 0 Å². The molecule has 0 aliphatic rings. The number of hydrogen-bond acceptors (Lipinski definition) is 4. The Bertz CT molecular complexity index is 969. The topological polar surface area (TPSA) is 115 Å². The average molecular weight is 587 g/mol. The lowest BCUT2D eigenvalue weighted by atomic mass is 9.68. The molecule has 2 unspecified atom stereocenters. The molecule has 2 aromatic carbocycles. The summed E-state index contributed by atoms with van der Waals surface area (Å²) in [7, 11) is 0. The molecule has 0 aromatic heterocycles. The van der Waals surface area contributed by atoms with E-state index in [4.69, 9.17) is 10.2 Å². The Morgan fingerprint density at radius 3 is 1.14 bits per heavy atom. The highest BCUT2D eigenvalue weighted by atomic mass is 16.4. The van der Waals surface area contributed by atoms with Crippen LogP contribution in [0.1, 0.15) is 146 Å². The highest BCUT2D eigenvalue weighted by Crippen LogP contribution is 2.40. The first-order valence-electron chi connectivity index (χ1n) is 15.4. The zero-order valence-corrected chi connectivity index (χ0v) is 27.8. The summed E-state index contributed by atoms with van der Waals surface area (Å²) in [6.45, 7) is 21.0. The van der Waals surface area contributed by atoms with E-state index >= 15 is 0 Å². The molecule has 2 rings (SSSR count). The molecule has 2 aromatic rings. The van der Waals surface area contributed by atoms with E-state index in [1.165, 1.54) is 0 Å². The van der Waals surface area contributed by atoms with Crippen LogP contribution < -0.4 is 0 Å². The fourth-order valence-corrected chi connectivity index (χ4v) is 5.14. The van der Waals surface area contributed by atoms with E-state index < -0.39 is 11.9 Å². The molecule has 238 valence electrons. The van der Waals surface area contributed by atoms with Gasteiger partial charge in [0.15, 0.2) is 0 Å². The maximum atomic E-state index is 10.6. The molecule has 0 fully saturated rings.